The Kier molecular flexibility index (Phi) is 5.64. The van der Waals surface area contributed by atoms with Crippen LogP contribution in [0.2, 0.25) is 0 Å². The van der Waals surface area contributed by atoms with Gasteiger partial charge in [0.1, 0.15) is 6.61 Å². The van der Waals surface area contributed by atoms with Crippen LogP contribution in [-0.4, -0.2) is 5.97 Å². The summed E-state index contributed by atoms with van der Waals surface area (Å²) in [6, 6.07) is 26.3. The van der Waals surface area contributed by atoms with E-state index in [0.717, 1.165) is 16.8 Å². The number of rotatable bonds is 6. The fourth-order valence-corrected chi connectivity index (χ4v) is 2.49. The summed E-state index contributed by atoms with van der Waals surface area (Å²) in [5.74, 6) is -0.345. The van der Waals surface area contributed by atoms with Crippen LogP contribution in [0.4, 0.5) is 5.69 Å². The van der Waals surface area contributed by atoms with E-state index in [4.69, 9.17) is 10.00 Å². The Bertz CT molecular complexity index is 913. The van der Waals surface area contributed by atoms with Crippen LogP contribution in [0.3, 0.4) is 0 Å². The molecule has 128 valence electrons. The lowest BCUT2D eigenvalue weighted by Crippen LogP contribution is -2.05. The second-order valence-electron chi connectivity index (χ2n) is 5.80. The lowest BCUT2D eigenvalue weighted by molar-refractivity contribution is 0.0473. The summed E-state index contributed by atoms with van der Waals surface area (Å²) in [6.45, 7) is 0.863. The van der Waals surface area contributed by atoms with Gasteiger partial charge < -0.3 is 10.1 Å². The number of nitrogens with one attached hydrogen (secondary N) is 1. The largest absolute Gasteiger partial charge is 0.457 e. The number of anilines is 1. The highest BCUT2D eigenvalue weighted by Gasteiger charge is 2.07. The van der Waals surface area contributed by atoms with Crippen molar-refractivity contribution in [2.75, 3.05) is 5.32 Å². The van der Waals surface area contributed by atoms with Gasteiger partial charge in [0.25, 0.3) is 0 Å². The number of carbonyl (C=O) groups is 1. The maximum atomic E-state index is 12.1. The molecule has 0 amide bonds. The van der Waals surface area contributed by atoms with E-state index < -0.39 is 0 Å². The van der Waals surface area contributed by atoms with E-state index in [1.54, 1.807) is 18.2 Å². The van der Waals surface area contributed by atoms with Crippen LogP contribution >= 0.6 is 0 Å². The van der Waals surface area contributed by atoms with Gasteiger partial charge in [-0.1, -0.05) is 42.5 Å². The molecule has 0 aliphatic heterocycles. The van der Waals surface area contributed by atoms with Crippen LogP contribution in [0.15, 0.2) is 78.9 Å². The van der Waals surface area contributed by atoms with E-state index in [2.05, 4.69) is 11.4 Å². The van der Waals surface area contributed by atoms with Crippen molar-refractivity contribution in [3.63, 3.8) is 0 Å². The Morgan fingerprint density at radius 2 is 1.65 bits per heavy atom. The summed E-state index contributed by atoms with van der Waals surface area (Å²) in [6.07, 6.45) is 0. The van der Waals surface area contributed by atoms with Crippen LogP contribution in [-0.2, 0) is 17.9 Å². The molecule has 3 aromatic carbocycles. The van der Waals surface area contributed by atoms with Crippen LogP contribution in [0.25, 0.3) is 0 Å². The Morgan fingerprint density at radius 3 is 2.38 bits per heavy atom. The van der Waals surface area contributed by atoms with Crippen molar-refractivity contribution in [1.82, 2.24) is 0 Å². The first kappa shape index (κ1) is 17.2. The van der Waals surface area contributed by atoms with Crippen molar-refractivity contribution in [3.05, 3.63) is 101 Å². The topological polar surface area (TPSA) is 62.1 Å². The van der Waals surface area contributed by atoms with Crippen molar-refractivity contribution in [3.8, 4) is 6.07 Å². The smallest absolute Gasteiger partial charge is 0.338 e. The first-order valence-corrected chi connectivity index (χ1v) is 8.28. The number of benzene rings is 3. The third-order valence-electron chi connectivity index (χ3n) is 3.89. The summed E-state index contributed by atoms with van der Waals surface area (Å²) >= 11 is 0. The van der Waals surface area contributed by atoms with E-state index in [1.165, 1.54) is 0 Å². The van der Waals surface area contributed by atoms with E-state index in [9.17, 15) is 4.79 Å². The van der Waals surface area contributed by atoms with Crippen LogP contribution in [0.5, 0.6) is 0 Å². The fraction of sp³-hybridized carbons (Fsp3) is 0.0909. The van der Waals surface area contributed by atoms with Gasteiger partial charge in [0.15, 0.2) is 0 Å². The molecule has 0 saturated heterocycles. The Balaban J connectivity index is 1.54. The highest BCUT2D eigenvalue weighted by atomic mass is 16.5. The van der Waals surface area contributed by atoms with Gasteiger partial charge in [-0.05, 0) is 47.5 Å². The van der Waals surface area contributed by atoms with Gasteiger partial charge >= 0.3 is 5.97 Å². The van der Waals surface area contributed by atoms with Gasteiger partial charge in [-0.25, -0.2) is 4.79 Å². The molecule has 0 heterocycles. The van der Waals surface area contributed by atoms with Crippen LogP contribution in [0.1, 0.15) is 27.0 Å². The molecule has 0 bridgehead atoms. The summed E-state index contributed by atoms with van der Waals surface area (Å²) < 4.78 is 5.32. The normalized spacial score (nSPS) is 9.96. The SMILES string of the molecule is N#Cc1cccc(CNc2ccc(C(=O)OCc3ccccc3)cc2)c1. The minimum atomic E-state index is -0.345. The number of nitrogens with zero attached hydrogens (tertiary/aromatic N) is 1. The second kappa shape index (κ2) is 8.50. The van der Waals surface area contributed by atoms with Crippen molar-refractivity contribution in [1.29, 1.82) is 5.26 Å². The molecule has 0 saturated carbocycles. The summed E-state index contributed by atoms with van der Waals surface area (Å²) in [5, 5.41) is 12.2. The molecule has 0 aromatic heterocycles. The Hall–Kier alpha value is -3.58. The molecule has 0 spiro atoms. The van der Waals surface area contributed by atoms with E-state index >= 15 is 0 Å². The van der Waals surface area contributed by atoms with E-state index in [1.807, 2.05) is 60.7 Å². The number of esters is 1. The van der Waals surface area contributed by atoms with Crippen LogP contribution in [0, 0.1) is 11.3 Å². The molecule has 3 rings (SSSR count). The second-order valence-corrected chi connectivity index (χ2v) is 5.80. The highest BCUT2D eigenvalue weighted by Crippen LogP contribution is 2.13. The van der Waals surface area contributed by atoms with Crippen molar-refractivity contribution < 1.29 is 9.53 Å². The van der Waals surface area contributed by atoms with Gasteiger partial charge in [-0.15, -0.1) is 0 Å². The number of hydrogen-bond donors (Lipinski definition) is 1. The predicted octanol–water partition coefficient (Wildman–Crippen LogP) is 4.53. The number of hydrogen-bond acceptors (Lipinski definition) is 4. The molecule has 0 aliphatic rings. The molecule has 3 aromatic rings. The molecule has 0 fully saturated rings. The predicted molar refractivity (Wildman–Crippen MR) is 100 cm³/mol. The standard InChI is InChI=1S/C22H18N2O2/c23-14-18-7-4-8-19(13-18)15-24-21-11-9-20(10-12-21)22(25)26-16-17-5-2-1-3-6-17/h1-13,24H,15-16H2. The number of ether oxygens (including phenoxy) is 1. The maximum Gasteiger partial charge on any atom is 0.338 e. The molecule has 4 nitrogen and oxygen atoms in total. The van der Waals surface area contributed by atoms with Gasteiger partial charge in [0, 0.05) is 12.2 Å². The number of carbonyl (C=O) groups excluding carboxylic acids is 1. The zero-order valence-electron chi connectivity index (χ0n) is 14.2. The van der Waals surface area contributed by atoms with Crippen LogP contribution < -0.4 is 5.32 Å². The minimum Gasteiger partial charge on any atom is -0.457 e. The first-order chi connectivity index (χ1) is 12.7. The summed E-state index contributed by atoms with van der Waals surface area (Å²) in [5.41, 5.74) is 4.03. The molecular formula is C22H18N2O2. The first-order valence-electron chi connectivity index (χ1n) is 8.28. The monoisotopic (exact) mass is 342 g/mol. The summed E-state index contributed by atoms with van der Waals surface area (Å²) in [7, 11) is 0. The fourth-order valence-electron chi connectivity index (χ4n) is 2.49. The van der Waals surface area contributed by atoms with E-state index in [-0.39, 0.29) is 12.6 Å². The Morgan fingerprint density at radius 1 is 0.923 bits per heavy atom. The minimum absolute atomic E-state index is 0.259. The molecule has 26 heavy (non-hydrogen) atoms. The molecule has 0 unspecified atom stereocenters. The molecular weight excluding hydrogens is 324 g/mol. The molecule has 0 radical (unpaired) electrons. The average Bonchev–Trinajstić information content (AvgIpc) is 2.72. The van der Waals surface area contributed by atoms with Gasteiger partial charge in [-0.3, -0.25) is 0 Å². The van der Waals surface area contributed by atoms with Crippen molar-refractivity contribution in [2.24, 2.45) is 0 Å². The van der Waals surface area contributed by atoms with E-state index in [0.29, 0.717) is 17.7 Å². The van der Waals surface area contributed by atoms with Gasteiger partial charge in [0.05, 0.1) is 17.2 Å². The zero-order chi connectivity index (χ0) is 18.2. The molecule has 4 heteroatoms. The lowest BCUT2D eigenvalue weighted by atomic mass is 10.1. The highest BCUT2D eigenvalue weighted by molar-refractivity contribution is 5.89. The maximum absolute atomic E-state index is 12.1. The molecule has 0 atom stereocenters. The average molecular weight is 342 g/mol. The number of nitriles is 1. The summed E-state index contributed by atoms with van der Waals surface area (Å²) in [4.78, 5) is 12.1. The molecule has 0 aliphatic carbocycles. The lowest BCUT2D eigenvalue weighted by Gasteiger charge is -2.08. The van der Waals surface area contributed by atoms with Crippen molar-refractivity contribution >= 4 is 11.7 Å². The third kappa shape index (κ3) is 4.71. The Labute approximate surface area is 152 Å². The van der Waals surface area contributed by atoms with Gasteiger partial charge in [0.2, 0.25) is 0 Å². The molecule has 1 N–H and O–H groups in total. The zero-order valence-corrected chi connectivity index (χ0v) is 14.2. The third-order valence-corrected chi connectivity index (χ3v) is 3.89. The van der Waals surface area contributed by atoms with Gasteiger partial charge in [-0.2, -0.15) is 5.26 Å². The quantitative estimate of drug-likeness (QED) is 0.669. The van der Waals surface area contributed by atoms with Crippen molar-refractivity contribution in [2.45, 2.75) is 13.2 Å².